The lowest BCUT2D eigenvalue weighted by Gasteiger charge is -2.56. The Labute approximate surface area is 187 Å². The summed E-state index contributed by atoms with van der Waals surface area (Å²) in [5.74, 6) is 0.741. The van der Waals surface area contributed by atoms with Crippen molar-refractivity contribution in [2.45, 2.75) is 62.8 Å². The van der Waals surface area contributed by atoms with Gasteiger partial charge >= 0.3 is 0 Å². The van der Waals surface area contributed by atoms with Gasteiger partial charge in [-0.25, -0.2) is 9.37 Å². The van der Waals surface area contributed by atoms with Gasteiger partial charge in [-0.05, 0) is 63.8 Å². The quantitative estimate of drug-likeness (QED) is 0.646. The third kappa shape index (κ3) is 3.52. The SMILES string of the molecule is CN(c1ccc(-c2ccc(-n3ccnc3)cc2O)nn1)[C@@H]1C[C@@]2(C)CCC[C@](C)(N2)[C@H]1F. The first kappa shape index (κ1) is 20.9. The highest BCUT2D eigenvalue weighted by Crippen LogP contribution is 2.43. The van der Waals surface area contributed by atoms with Crippen molar-refractivity contribution in [2.75, 3.05) is 11.9 Å². The number of imidazole rings is 1. The molecule has 2 aliphatic rings. The molecular weight excluding hydrogens is 407 g/mol. The summed E-state index contributed by atoms with van der Waals surface area (Å²) in [6.07, 6.45) is 7.84. The van der Waals surface area contributed by atoms with E-state index >= 15 is 4.39 Å². The van der Waals surface area contributed by atoms with Crippen LogP contribution in [0.2, 0.25) is 0 Å². The number of rotatable bonds is 4. The summed E-state index contributed by atoms with van der Waals surface area (Å²) in [7, 11) is 1.89. The number of alkyl halides is 1. The monoisotopic (exact) mass is 436 g/mol. The van der Waals surface area contributed by atoms with E-state index in [-0.39, 0.29) is 17.3 Å². The van der Waals surface area contributed by atoms with Crippen LogP contribution in [-0.4, -0.2) is 55.2 Å². The summed E-state index contributed by atoms with van der Waals surface area (Å²) >= 11 is 0. The molecule has 0 spiro atoms. The average Bonchev–Trinajstić information content (AvgIpc) is 3.31. The summed E-state index contributed by atoms with van der Waals surface area (Å²) in [6.45, 7) is 4.20. The number of phenolic OH excluding ortho intramolecular Hbond substituents is 1. The van der Waals surface area contributed by atoms with Gasteiger partial charge < -0.3 is 19.9 Å². The third-order valence-electron chi connectivity index (χ3n) is 7.19. The molecule has 2 fully saturated rings. The van der Waals surface area contributed by atoms with E-state index in [2.05, 4.69) is 27.4 Å². The van der Waals surface area contributed by atoms with Gasteiger partial charge in [0.2, 0.25) is 0 Å². The zero-order valence-corrected chi connectivity index (χ0v) is 18.7. The number of benzene rings is 1. The molecule has 2 N–H and O–H groups in total. The van der Waals surface area contributed by atoms with Gasteiger partial charge in [0.05, 0.1) is 23.8 Å². The summed E-state index contributed by atoms with van der Waals surface area (Å²) in [5, 5.41) is 22.8. The first-order valence-corrected chi connectivity index (χ1v) is 11.1. The second-order valence-corrected chi connectivity index (χ2v) is 9.69. The Balaban J connectivity index is 1.38. The van der Waals surface area contributed by atoms with Crippen molar-refractivity contribution < 1.29 is 9.50 Å². The fourth-order valence-corrected chi connectivity index (χ4v) is 5.48. The zero-order valence-electron chi connectivity index (χ0n) is 18.7. The Morgan fingerprint density at radius 2 is 2.03 bits per heavy atom. The van der Waals surface area contributed by atoms with E-state index in [4.69, 9.17) is 0 Å². The minimum absolute atomic E-state index is 0.0648. The van der Waals surface area contributed by atoms with Crippen LogP contribution in [0.3, 0.4) is 0 Å². The maximum Gasteiger partial charge on any atom is 0.151 e. The van der Waals surface area contributed by atoms with Crippen LogP contribution in [0.15, 0.2) is 49.1 Å². The van der Waals surface area contributed by atoms with Crippen molar-refractivity contribution in [3.8, 4) is 22.7 Å². The molecule has 0 saturated carbocycles. The molecule has 4 heterocycles. The van der Waals surface area contributed by atoms with Crippen molar-refractivity contribution in [1.29, 1.82) is 0 Å². The molecule has 1 aromatic carbocycles. The van der Waals surface area contributed by atoms with E-state index in [1.54, 1.807) is 18.6 Å². The molecule has 7 nitrogen and oxygen atoms in total. The molecule has 0 aliphatic carbocycles. The molecule has 0 radical (unpaired) electrons. The molecule has 2 aromatic heterocycles. The van der Waals surface area contributed by atoms with Gasteiger partial charge in [-0.1, -0.05) is 0 Å². The Hall–Kier alpha value is -3.00. The lowest BCUT2D eigenvalue weighted by atomic mass is 9.68. The van der Waals surface area contributed by atoms with Crippen LogP contribution in [0.5, 0.6) is 5.75 Å². The maximum absolute atomic E-state index is 15.6. The summed E-state index contributed by atoms with van der Waals surface area (Å²) in [6, 6.07) is 8.77. The fourth-order valence-electron chi connectivity index (χ4n) is 5.48. The van der Waals surface area contributed by atoms with Crippen LogP contribution in [0.1, 0.15) is 39.5 Å². The molecule has 2 bridgehead atoms. The lowest BCUT2D eigenvalue weighted by molar-refractivity contribution is 0.00195. The van der Waals surface area contributed by atoms with Crippen LogP contribution in [-0.2, 0) is 0 Å². The number of anilines is 1. The highest BCUT2D eigenvalue weighted by molar-refractivity contribution is 5.69. The lowest BCUT2D eigenvalue weighted by Crippen LogP contribution is -2.72. The highest BCUT2D eigenvalue weighted by Gasteiger charge is 2.53. The van der Waals surface area contributed by atoms with E-state index < -0.39 is 11.7 Å². The van der Waals surface area contributed by atoms with Gasteiger partial charge in [0, 0.05) is 42.1 Å². The van der Waals surface area contributed by atoms with E-state index in [1.807, 2.05) is 53.9 Å². The number of hydrogen-bond acceptors (Lipinski definition) is 6. The summed E-state index contributed by atoms with van der Waals surface area (Å²) < 4.78 is 17.4. The number of nitrogens with one attached hydrogen (secondary N) is 1. The number of halogens is 1. The smallest absolute Gasteiger partial charge is 0.151 e. The number of aromatic hydroxyl groups is 1. The minimum Gasteiger partial charge on any atom is -0.507 e. The molecule has 2 aliphatic heterocycles. The maximum atomic E-state index is 15.6. The third-order valence-corrected chi connectivity index (χ3v) is 7.19. The van der Waals surface area contributed by atoms with Crippen molar-refractivity contribution in [2.24, 2.45) is 0 Å². The Kier molecular flexibility index (Phi) is 4.93. The number of hydrogen-bond donors (Lipinski definition) is 2. The Morgan fingerprint density at radius 3 is 2.72 bits per heavy atom. The predicted molar refractivity (Wildman–Crippen MR) is 122 cm³/mol. The van der Waals surface area contributed by atoms with Gasteiger partial charge in [0.25, 0.3) is 0 Å². The van der Waals surface area contributed by atoms with Crippen LogP contribution in [0.4, 0.5) is 10.2 Å². The number of aromatic nitrogens is 4. The Morgan fingerprint density at radius 1 is 1.19 bits per heavy atom. The molecule has 32 heavy (non-hydrogen) atoms. The molecule has 4 atom stereocenters. The zero-order chi connectivity index (χ0) is 22.5. The van der Waals surface area contributed by atoms with Gasteiger partial charge in [0.15, 0.2) is 5.82 Å². The molecular formula is C24H29FN6O. The molecule has 0 amide bonds. The van der Waals surface area contributed by atoms with Crippen molar-refractivity contribution in [1.82, 2.24) is 25.1 Å². The molecule has 0 unspecified atom stereocenters. The van der Waals surface area contributed by atoms with E-state index in [1.165, 1.54) is 0 Å². The predicted octanol–water partition coefficient (Wildman–Crippen LogP) is 3.87. The van der Waals surface area contributed by atoms with Crippen molar-refractivity contribution in [3.05, 3.63) is 49.1 Å². The van der Waals surface area contributed by atoms with Gasteiger partial charge in [-0.3, -0.25) is 0 Å². The minimum atomic E-state index is -0.998. The number of nitrogens with zero attached hydrogens (tertiary/aromatic N) is 5. The van der Waals surface area contributed by atoms with Gasteiger partial charge in [-0.15, -0.1) is 10.2 Å². The highest BCUT2D eigenvalue weighted by atomic mass is 19.1. The van der Waals surface area contributed by atoms with Gasteiger partial charge in [0.1, 0.15) is 11.9 Å². The molecule has 3 aromatic rings. The Bertz CT molecular complexity index is 1100. The normalized spacial score (nSPS) is 29.6. The topological polar surface area (TPSA) is 79.1 Å². The van der Waals surface area contributed by atoms with Gasteiger partial charge in [-0.2, -0.15) is 0 Å². The van der Waals surface area contributed by atoms with E-state index in [0.717, 1.165) is 31.4 Å². The van der Waals surface area contributed by atoms with Crippen LogP contribution in [0, 0.1) is 0 Å². The molecule has 5 rings (SSSR count). The fraction of sp³-hybridized carbons (Fsp3) is 0.458. The van der Waals surface area contributed by atoms with Crippen LogP contribution < -0.4 is 10.2 Å². The standard InChI is InChI=1S/C24H29FN6O/c1-23-9-4-10-24(2,29-23)22(25)19(14-23)30(3)21-8-7-18(27-28-21)17-6-5-16(13-20(17)32)31-12-11-26-15-31/h5-8,11-13,15,19,22,29,32H,4,9-10,14H2,1-3H3/t19-,22+,23-,24+/m1/s1. The van der Waals surface area contributed by atoms with E-state index in [9.17, 15) is 5.11 Å². The van der Waals surface area contributed by atoms with Crippen molar-refractivity contribution in [3.63, 3.8) is 0 Å². The first-order valence-electron chi connectivity index (χ1n) is 11.1. The van der Waals surface area contributed by atoms with Crippen LogP contribution >= 0.6 is 0 Å². The van der Waals surface area contributed by atoms with E-state index in [0.29, 0.717) is 17.1 Å². The number of piperidine rings is 2. The number of fused-ring (bicyclic) bond motifs is 2. The summed E-state index contributed by atoms with van der Waals surface area (Å²) in [5.41, 5.74) is 1.39. The molecule has 168 valence electrons. The average molecular weight is 437 g/mol. The van der Waals surface area contributed by atoms with Crippen molar-refractivity contribution >= 4 is 5.82 Å². The molecule has 8 heteroatoms. The second kappa shape index (κ2) is 7.55. The second-order valence-electron chi connectivity index (χ2n) is 9.69. The number of phenols is 1. The largest absolute Gasteiger partial charge is 0.507 e. The first-order chi connectivity index (χ1) is 15.3. The van der Waals surface area contributed by atoms with Crippen LogP contribution in [0.25, 0.3) is 16.9 Å². The molecule has 2 saturated heterocycles. The summed E-state index contributed by atoms with van der Waals surface area (Å²) in [4.78, 5) is 5.95.